The van der Waals surface area contributed by atoms with Crippen molar-refractivity contribution in [1.82, 2.24) is 5.32 Å². The molecule has 108 valence electrons. The second-order valence-electron chi connectivity index (χ2n) is 4.99. The number of carbonyl (C=O) groups is 1. The van der Waals surface area contributed by atoms with Crippen LogP contribution in [-0.4, -0.2) is 11.3 Å². The minimum atomic E-state index is -0.152. The van der Waals surface area contributed by atoms with Crippen LogP contribution in [0.5, 0.6) is 0 Å². The van der Waals surface area contributed by atoms with Crippen molar-refractivity contribution in [3.8, 4) is 0 Å². The first kappa shape index (κ1) is 15.1. The van der Waals surface area contributed by atoms with E-state index in [2.05, 4.69) is 43.2 Å². The Morgan fingerprint density at radius 1 is 1.19 bits per heavy atom. The van der Waals surface area contributed by atoms with Gasteiger partial charge >= 0.3 is 0 Å². The number of alkyl halides is 1. The van der Waals surface area contributed by atoms with Gasteiger partial charge in [0, 0.05) is 8.95 Å². The highest BCUT2D eigenvalue weighted by atomic mass is 79.9. The fourth-order valence-electron chi connectivity index (χ4n) is 2.60. The molecule has 1 aliphatic carbocycles. The molecule has 1 amide bonds. The first-order valence-electron chi connectivity index (χ1n) is 6.54. The van der Waals surface area contributed by atoms with Gasteiger partial charge in [0.1, 0.15) is 0 Å². The predicted molar refractivity (Wildman–Crippen MR) is 91.8 cm³/mol. The second kappa shape index (κ2) is 6.11. The summed E-state index contributed by atoms with van der Waals surface area (Å²) < 4.78 is 1.63. The van der Waals surface area contributed by atoms with Crippen molar-refractivity contribution in [1.29, 1.82) is 0 Å². The summed E-state index contributed by atoms with van der Waals surface area (Å²) in [5.74, 6) is -0.129. The van der Waals surface area contributed by atoms with E-state index < -0.39 is 0 Å². The number of fused-ring (bicyclic) bond motifs is 1. The van der Waals surface area contributed by atoms with Crippen LogP contribution in [-0.2, 0) is 6.42 Å². The third-order valence-electron chi connectivity index (χ3n) is 3.63. The molecule has 0 spiro atoms. The number of hydrogen-bond donors (Lipinski definition) is 1. The third-order valence-corrected chi connectivity index (χ3v) is 5.22. The van der Waals surface area contributed by atoms with Crippen molar-refractivity contribution in [2.45, 2.75) is 17.8 Å². The van der Waals surface area contributed by atoms with Crippen LogP contribution < -0.4 is 5.32 Å². The lowest BCUT2D eigenvalue weighted by Crippen LogP contribution is -2.32. The zero-order valence-electron chi connectivity index (χ0n) is 10.9. The highest BCUT2D eigenvalue weighted by Gasteiger charge is 2.32. The smallest absolute Gasteiger partial charge is 0.252 e. The van der Waals surface area contributed by atoms with E-state index in [0.29, 0.717) is 5.56 Å². The summed E-state index contributed by atoms with van der Waals surface area (Å²) in [5.41, 5.74) is 2.91. The lowest BCUT2D eigenvalue weighted by atomic mass is 10.1. The number of rotatable bonds is 2. The van der Waals surface area contributed by atoms with Crippen molar-refractivity contribution < 1.29 is 4.79 Å². The van der Waals surface area contributed by atoms with Crippen LogP contribution in [0.15, 0.2) is 51.4 Å². The van der Waals surface area contributed by atoms with Crippen molar-refractivity contribution in [3.63, 3.8) is 0 Å². The zero-order chi connectivity index (χ0) is 15.0. The van der Waals surface area contributed by atoms with Gasteiger partial charge in [-0.3, -0.25) is 4.79 Å². The summed E-state index contributed by atoms with van der Waals surface area (Å²) in [6.45, 7) is 0. The Bertz CT molecular complexity index is 704. The van der Waals surface area contributed by atoms with Gasteiger partial charge in [0.25, 0.3) is 5.91 Å². The summed E-state index contributed by atoms with van der Waals surface area (Å²) in [6.07, 6.45) is 0.780. The van der Waals surface area contributed by atoms with Crippen molar-refractivity contribution >= 4 is 49.4 Å². The molecule has 5 heteroatoms. The zero-order valence-corrected chi connectivity index (χ0v) is 14.9. The molecule has 21 heavy (non-hydrogen) atoms. The van der Waals surface area contributed by atoms with Gasteiger partial charge in [-0.05, 0) is 51.7 Å². The van der Waals surface area contributed by atoms with Gasteiger partial charge in [0.05, 0.1) is 17.0 Å². The molecule has 0 bridgehead atoms. The Morgan fingerprint density at radius 2 is 1.95 bits per heavy atom. The molecular formula is C16H12Br2ClNO. The molecule has 0 aromatic heterocycles. The maximum absolute atomic E-state index is 12.5. The van der Waals surface area contributed by atoms with Gasteiger partial charge < -0.3 is 5.32 Å². The highest BCUT2D eigenvalue weighted by molar-refractivity contribution is 9.11. The molecule has 1 N–H and O–H groups in total. The van der Waals surface area contributed by atoms with Crippen molar-refractivity contribution in [3.05, 3.63) is 68.1 Å². The SMILES string of the molecule is O=C(NC1c2ccccc2CC1Cl)c1cc(Br)ccc1Br. The molecule has 2 atom stereocenters. The monoisotopic (exact) mass is 427 g/mol. The second-order valence-corrected chi connectivity index (χ2v) is 7.32. The Hall–Kier alpha value is -0.840. The number of amides is 1. The van der Waals surface area contributed by atoms with Crippen LogP contribution in [0.1, 0.15) is 27.5 Å². The average molecular weight is 430 g/mol. The fourth-order valence-corrected chi connectivity index (χ4v) is 3.76. The Morgan fingerprint density at radius 3 is 2.76 bits per heavy atom. The quantitative estimate of drug-likeness (QED) is 0.680. The molecule has 2 nitrogen and oxygen atoms in total. The number of benzene rings is 2. The molecule has 0 fully saturated rings. The lowest BCUT2D eigenvalue weighted by molar-refractivity contribution is 0.0936. The molecule has 2 aromatic carbocycles. The maximum Gasteiger partial charge on any atom is 0.252 e. The average Bonchev–Trinajstić information content (AvgIpc) is 2.78. The van der Waals surface area contributed by atoms with Gasteiger partial charge in [-0.2, -0.15) is 0 Å². The topological polar surface area (TPSA) is 29.1 Å². The minimum Gasteiger partial charge on any atom is -0.344 e. The largest absolute Gasteiger partial charge is 0.344 e. The normalized spacial score (nSPS) is 20.1. The maximum atomic E-state index is 12.5. The third kappa shape index (κ3) is 3.03. The predicted octanol–water partition coefficient (Wildman–Crippen LogP) is 4.85. The van der Waals surface area contributed by atoms with Crippen molar-refractivity contribution in [2.75, 3.05) is 0 Å². The molecule has 0 heterocycles. The number of nitrogens with one attached hydrogen (secondary N) is 1. The van der Waals surface area contributed by atoms with Crippen LogP contribution >= 0.6 is 43.5 Å². The van der Waals surface area contributed by atoms with Gasteiger partial charge in [0.15, 0.2) is 0 Å². The van der Waals surface area contributed by atoms with E-state index in [1.54, 1.807) is 6.07 Å². The van der Waals surface area contributed by atoms with Gasteiger partial charge in [-0.1, -0.05) is 40.2 Å². The molecule has 0 saturated carbocycles. The van der Waals surface area contributed by atoms with Crippen LogP contribution in [0.4, 0.5) is 0 Å². The van der Waals surface area contributed by atoms with Crippen LogP contribution in [0.25, 0.3) is 0 Å². The molecule has 2 unspecified atom stereocenters. The Kier molecular flexibility index (Phi) is 4.38. The van der Waals surface area contributed by atoms with E-state index in [9.17, 15) is 4.79 Å². The van der Waals surface area contributed by atoms with Gasteiger partial charge in [-0.15, -0.1) is 11.6 Å². The summed E-state index contributed by atoms with van der Waals surface area (Å²) >= 11 is 13.2. The van der Waals surface area contributed by atoms with E-state index in [1.807, 2.05) is 30.3 Å². The van der Waals surface area contributed by atoms with Crippen LogP contribution in [0, 0.1) is 0 Å². The summed E-state index contributed by atoms with van der Waals surface area (Å²) in [5, 5.41) is 2.93. The number of carbonyl (C=O) groups excluding carboxylic acids is 1. The number of halogens is 3. The Balaban J connectivity index is 1.87. The first-order valence-corrected chi connectivity index (χ1v) is 8.56. The van der Waals surface area contributed by atoms with E-state index >= 15 is 0 Å². The first-order chi connectivity index (χ1) is 10.1. The Labute approximate surface area is 145 Å². The molecule has 0 aliphatic heterocycles. The van der Waals surface area contributed by atoms with Crippen molar-refractivity contribution in [2.24, 2.45) is 0 Å². The summed E-state index contributed by atoms with van der Waals surface area (Å²) in [7, 11) is 0. The summed E-state index contributed by atoms with van der Waals surface area (Å²) in [6, 6.07) is 13.4. The van der Waals surface area contributed by atoms with E-state index in [4.69, 9.17) is 11.6 Å². The van der Waals surface area contributed by atoms with Crippen LogP contribution in [0.2, 0.25) is 0 Å². The van der Waals surface area contributed by atoms with E-state index in [-0.39, 0.29) is 17.3 Å². The van der Waals surface area contributed by atoms with Gasteiger partial charge in [0.2, 0.25) is 0 Å². The number of hydrogen-bond acceptors (Lipinski definition) is 1. The minimum absolute atomic E-state index is 0.114. The summed E-state index contributed by atoms with van der Waals surface area (Å²) in [4.78, 5) is 12.5. The van der Waals surface area contributed by atoms with E-state index in [1.165, 1.54) is 5.56 Å². The van der Waals surface area contributed by atoms with Crippen LogP contribution in [0.3, 0.4) is 0 Å². The molecule has 0 saturated heterocycles. The molecule has 1 aliphatic rings. The van der Waals surface area contributed by atoms with E-state index in [0.717, 1.165) is 20.9 Å². The highest BCUT2D eigenvalue weighted by Crippen LogP contribution is 2.35. The lowest BCUT2D eigenvalue weighted by Gasteiger charge is -2.18. The molecule has 0 radical (unpaired) electrons. The molecule has 2 aromatic rings. The van der Waals surface area contributed by atoms with Gasteiger partial charge in [-0.25, -0.2) is 0 Å². The molecular weight excluding hydrogens is 417 g/mol. The molecule has 3 rings (SSSR count). The standard InChI is InChI=1S/C16H12Br2ClNO/c17-10-5-6-13(18)12(8-10)16(21)20-15-11-4-2-1-3-9(11)7-14(15)19/h1-6,8,14-15H,7H2,(H,20,21). The fraction of sp³-hybridized carbons (Fsp3) is 0.188.